The molecule has 0 aliphatic carbocycles. The fourth-order valence-electron chi connectivity index (χ4n) is 3.27. The van der Waals surface area contributed by atoms with Crippen molar-refractivity contribution >= 4 is 5.97 Å². The van der Waals surface area contributed by atoms with Crippen LogP contribution in [0, 0.1) is 6.92 Å². The second-order valence-corrected chi connectivity index (χ2v) is 6.95. The molecule has 3 rings (SSSR count). The van der Waals surface area contributed by atoms with E-state index in [0.717, 1.165) is 37.4 Å². The zero-order valence-electron chi connectivity index (χ0n) is 15.3. The molecule has 0 unspecified atom stereocenters. The van der Waals surface area contributed by atoms with Gasteiger partial charge in [0.25, 0.3) is 0 Å². The maximum absolute atomic E-state index is 10.9. The Morgan fingerprint density at radius 3 is 2.46 bits per heavy atom. The topological polar surface area (TPSA) is 59.0 Å². The Hall–Kier alpha value is -2.37. The van der Waals surface area contributed by atoms with E-state index in [1.54, 1.807) is 19.2 Å². The summed E-state index contributed by atoms with van der Waals surface area (Å²) in [5.41, 5.74) is 2.31. The third kappa shape index (κ3) is 4.42. The van der Waals surface area contributed by atoms with Crippen molar-refractivity contribution in [3.63, 3.8) is 0 Å². The summed E-state index contributed by atoms with van der Waals surface area (Å²) in [6.45, 7) is 5.05. The van der Waals surface area contributed by atoms with Crippen molar-refractivity contribution in [1.29, 1.82) is 0 Å². The quantitative estimate of drug-likeness (QED) is 0.825. The van der Waals surface area contributed by atoms with Crippen LogP contribution in [0.4, 0.5) is 0 Å². The lowest BCUT2D eigenvalue weighted by Gasteiger charge is -2.28. The standard InChI is InChI=1S/C21H25NO4/c1-16-3-9-19(10-4-16)26-15-21(25-2)11-12-22(14-21)13-17-5-7-18(8-6-17)20(23)24/h3-10H,11-15H2,1-2H3,(H,23,24)/t21-/m0/s1. The fraction of sp³-hybridized carbons (Fsp3) is 0.381. The van der Waals surface area contributed by atoms with E-state index in [1.165, 1.54) is 5.56 Å². The number of likely N-dealkylation sites (tertiary alicyclic amines) is 1. The summed E-state index contributed by atoms with van der Waals surface area (Å²) >= 11 is 0. The third-order valence-corrected chi connectivity index (χ3v) is 4.96. The zero-order chi connectivity index (χ0) is 18.6. The van der Waals surface area contributed by atoms with E-state index in [4.69, 9.17) is 14.6 Å². The molecule has 5 heteroatoms. The van der Waals surface area contributed by atoms with Crippen molar-refractivity contribution in [2.75, 3.05) is 26.8 Å². The number of aryl methyl sites for hydroxylation is 1. The van der Waals surface area contributed by atoms with Gasteiger partial charge in [0.2, 0.25) is 0 Å². The molecule has 1 aliphatic heterocycles. The largest absolute Gasteiger partial charge is 0.491 e. The van der Waals surface area contributed by atoms with E-state index in [0.29, 0.717) is 12.2 Å². The Morgan fingerprint density at radius 1 is 1.15 bits per heavy atom. The molecule has 5 nitrogen and oxygen atoms in total. The minimum absolute atomic E-state index is 0.313. The summed E-state index contributed by atoms with van der Waals surface area (Å²) < 4.78 is 11.8. The highest BCUT2D eigenvalue weighted by Crippen LogP contribution is 2.27. The molecule has 1 heterocycles. The first-order valence-electron chi connectivity index (χ1n) is 8.79. The molecule has 0 bridgehead atoms. The van der Waals surface area contributed by atoms with Crippen molar-refractivity contribution < 1.29 is 19.4 Å². The Balaban J connectivity index is 1.57. The number of benzene rings is 2. The number of methoxy groups -OCH3 is 1. The van der Waals surface area contributed by atoms with Crippen LogP contribution in [0.3, 0.4) is 0 Å². The summed E-state index contributed by atoms with van der Waals surface area (Å²) in [7, 11) is 1.74. The van der Waals surface area contributed by atoms with E-state index in [9.17, 15) is 4.79 Å². The molecule has 2 aromatic carbocycles. The molecule has 1 aliphatic rings. The molecule has 0 amide bonds. The summed E-state index contributed by atoms with van der Waals surface area (Å²) in [6, 6.07) is 15.1. The maximum Gasteiger partial charge on any atom is 0.335 e. The molecular formula is C21H25NO4. The minimum Gasteiger partial charge on any atom is -0.491 e. The van der Waals surface area contributed by atoms with Gasteiger partial charge in [-0.25, -0.2) is 4.79 Å². The molecule has 0 spiro atoms. The molecule has 26 heavy (non-hydrogen) atoms. The molecule has 0 saturated carbocycles. The van der Waals surface area contributed by atoms with Gasteiger partial charge in [0.15, 0.2) is 0 Å². The van der Waals surface area contributed by atoms with Crippen molar-refractivity contribution in [2.45, 2.75) is 25.5 Å². The van der Waals surface area contributed by atoms with Crippen LogP contribution in [0.2, 0.25) is 0 Å². The fourth-order valence-corrected chi connectivity index (χ4v) is 3.27. The van der Waals surface area contributed by atoms with Crippen molar-refractivity contribution in [1.82, 2.24) is 4.90 Å². The number of aromatic carboxylic acids is 1. The van der Waals surface area contributed by atoms with Gasteiger partial charge in [-0.3, -0.25) is 4.90 Å². The zero-order valence-corrected chi connectivity index (χ0v) is 15.3. The first-order chi connectivity index (χ1) is 12.5. The summed E-state index contributed by atoms with van der Waals surface area (Å²) in [5, 5.41) is 8.99. The predicted molar refractivity (Wildman–Crippen MR) is 99.7 cm³/mol. The molecule has 138 valence electrons. The number of ether oxygens (including phenoxy) is 2. The van der Waals surface area contributed by atoms with Crippen LogP contribution in [0.1, 0.15) is 27.9 Å². The average Bonchev–Trinajstić information content (AvgIpc) is 3.05. The van der Waals surface area contributed by atoms with Gasteiger partial charge < -0.3 is 14.6 Å². The first-order valence-corrected chi connectivity index (χ1v) is 8.79. The van der Waals surface area contributed by atoms with Crippen molar-refractivity contribution in [3.05, 3.63) is 65.2 Å². The monoisotopic (exact) mass is 355 g/mol. The number of nitrogens with zero attached hydrogens (tertiary/aromatic N) is 1. The minimum atomic E-state index is -0.899. The number of hydrogen-bond acceptors (Lipinski definition) is 4. The predicted octanol–water partition coefficient (Wildman–Crippen LogP) is 3.36. The molecule has 1 N–H and O–H groups in total. The van der Waals surface area contributed by atoms with Crippen LogP contribution in [0.25, 0.3) is 0 Å². The van der Waals surface area contributed by atoms with E-state index in [2.05, 4.69) is 11.8 Å². The first kappa shape index (κ1) is 18.4. The van der Waals surface area contributed by atoms with Gasteiger partial charge in [0, 0.05) is 26.7 Å². The van der Waals surface area contributed by atoms with Gasteiger partial charge in [0.05, 0.1) is 5.56 Å². The molecule has 1 saturated heterocycles. The average molecular weight is 355 g/mol. The van der Waals surface area contributed by atoms with Crippen LogP contribution < -0.4 is 4.74 Å². The van der Waals surface area contributed by atoms with Gasteiger partial charge in [-0.2, -0.15) is 0 Å². The number of carboxylic acid groups (broad SMARTS) is 1. The number of hydrogen-bond donors (Lipinski definition) is 1. The number of rotatable bonds is 7. The lowest BCUT2D eigenvalue weighted by Crippen LogP contribution is -2.41. The Bertz CT molecular complexity index is 742. The smallest absolute Gasteiger partial charge is 0.335 e. The molecule has 1 atom stereocenters. The Kier molecular flexibility index (Phi) is 5.59. The van der Waals surface area contributed by atoms with Crippen LogP contribution in [-0.2, 0) is 11.3 Å². The summed E-state index contributed by atoms with van der Waals surface area (Å²) in [6.07, 6.45) is 0.905. The van der Waals surface area contributed by atoms with Gasteiger partial charge >= 0.3 is 5.97 Å². The van der Waals surface area contributed by atoms with E-state index in [-0.39, 0.29) is 5.60 Å². The Morgan fingerprint density at radius 2 is 1.85 bits per heavy atom. The number of carbonyl (C=O) groups is 1. The lowest BCUT2D eigenvalue weighted by molar-refractivity contribution is -0.0359. The highest BCUT2D eigenvalue weighted by molar-refractivity contribution is 5.87. The van der Waals surface area contributed by atoms with Crippen LogP contribution in [0.5, 0.6) is 5.75 Å². The van der Waals surface area contributed by atoms with Crippen LogP contribution in [-0.4, -0.2) is 48.4 Å². The van der Waals surface area contributed by atoms with Gasteiger partial charge in [-0.15, -0.1) is 0 Å². The highest BCUT2D eigenvalue weighted by Gasteiger charge is 2.39. The molecule has 0 radical (unpaired) electrons. The van der Waals surface area contributed by atoms with Crippen molar-refractivity contribution in [2.24, 2.45) is 0 Å². The van der Waals surface area contributed by atoms with E-state index in [1.807, 2.05) is 36.4 Å². The van der Waals surface area contributed by atoms with Gasteiger partial charge in [-0.1, -0.05) is 29.8 Å². The van der Waals surface area contributed by atoms with Gasteiger partial charge in [0.1, 0.15) is 18.0 Å². The van der Waals surface area contributed by atoms with E-state index < -0.39 is 5.97 Å². The number of carboxylic acids is 1. The van der Waals surface area contributed by atoms with Crippen LogP contribution in [0.15, 0.2) is 48.5 Å². The second-order valence-electron chi connectivity index (χ2n) is 6.95. The SMILES string of the molecule is CO[C@@]1(COc2ccc(C)cc2)CCN(Cc2ccc(C(=O)O)cc2)C1. The highest BCUT2D eigenvalue weighted by atomic mass is 16.5. The third-order valence-electron chi connectivity index (χ3n) is 4.96. The Labute approximate surface area is 154 Å². The normalized spacial score (nSPS) is 20.2. The van der Waals surface area contributed by atoms with Crippen molar-refractivity contribution in [3.8, 4) is 5.75 Å². The van der Waals surface area contributed by atoms with Crippen LogP contribution >= 0.6 is 0 Å². The second kappa shape index (κ2) is 7.89. The molecule has 0 aromatic heterocycles. The van der Waals surface area contributed by atoms with Gasteiger partial charge in [-0.05, 0) is 43.2 Å². The summed E-state index contributed by atoms with van der Waals surface area (Å²) in [5.74, 6) is -0.0425. The molecule has 1 fully saturated rings. The maximum atomic E-state index is 10.9. The molecular weight excluding hydrogens is 330 g/mol. The van der Waals surface area contributed by atoms with E-state index >= 15 is 0 Å². The summed E-state index contributed by atoms with van der Waals surface area (Å²) in [4.78, 5) is 13.3. The lowest BCUT2D eigenvalue weighted by atomic mass is 10.0. The molecule has 2 aromatic rings.